The van der Waals surface area contributed by atoms with Crippen LogP contribution in [0.5, 0.6) is 0 Å². The fourth-order valence-electron chi connectivity index (χ4n) is 1.83. The molecule has 0 fully saturated rings. The van der Waals surface area contributed by atoms with Crippen molar-refractivity contribution in [2.75, 3.05) is 17.2 Å². The van der Waals surface area contributed by atoms with Crippen molar-refractivity contribution in [3.05, 3.63) is 47.2 Å². The predicted octanol–water partition coefficient (Wildman–Crippen LogP) is 3.50. The molecule has 0 saturated carbocycles. The van der Waals surface area contributed by atoms with Gasteiger partial charge in [0.1, 0.15) is 17.5 Å². The van der Waals surface area contributed by atoms with Crippen LogP contribution in [-0.4, -0.2) is 16.5 Å². The van der Waals surface area contributed by atoms with E-state index < -0.39 is 11.6 Å². The molecule has 0 atom stereocenters. The van der Waals surface area contributed by atoms with Gasteiger partial charge in [0.25, 0.3) is 0 Å². The van der Waals surface area contributed by atoms with Crippen LogP contribution in [0.4, 0.5) is 20.5 Å². The molecule has 0 spiro atoms. The van der Waals surface area contributed by atoms with Gasteiger partial charge in [-0.25, -0.2) is 13.8 Å². The number of hydrogen-bond donors (Lipinski definition) is 2. The number of nitrogens with zero attached hydrogens (tertiary/aromatic N) is 2. The second kappa shape index (κ2) is 6.97. The average Bonchev–Trinajstić information content (AvgIpc) is 2.43. The van der Waals surface area contributed by atoms with Crippen molar-refractivity contribution in [1.82, 2.24) is 9.97 Å². The van der Waals surface area contributed by atoms with Crippen molar-refractivity contribution >= 4 is 11.8 Å². The predicted molar refractivity (Wildman–Crippen MR) is 79.2 cm³/mol. The lowest BCUT2D eigenvalue weighted by Gasteiger charge is -2.10. The largest absolute Gasteiger partial charge is 0.366 e. The Hall–Kier alpha value is -2.24. The van der Waals surface area contributed by atoms with Crippen molar-refractivity contribution in [2.24, 2.45) is 0 Å². The molecule has 0 aliphatic carbocycles. The molecule has 0 radical (unpaired) electrons. The van der Waals surface area contributed by atoms with E-state index in [1.165, 1.54) is 12.1 Å². The van der Waals surface area contributed by atoms with Gasteiger partial charge in [-0.2, -0.15) is 4.98 Å². The molecule has 1 heterocycles. The minimum atomic E-state index is -0.583. The molecule has 1 aromatic heterocycles. The molecular weight excluding hydrogens is 274 g/mol. The van der Waals surface area contributed by atoms with Gasteiger partial charge in [0.15, 0.2) is 0 Å². The Morgan fingerprint density at radius 1 is 1.10 bits per heavy atom. The summed E-state index contributed by atoms with van der Waals surface area (Å²) >= 11 is 0. The Morgan fingerprint density at radius 3 is 2.62 bits per heavy atom. The molecule has 6 heteroatoms. The molecule has 0 amide bonds. The van der Waals surface area contributed by atoms with Gasteiger partial charge < -0.3 is 10.6 Å². The first-order valence-electron chi connectivity index (χ1n) is 6.86. The summed E-state index contributed by atoms with van der Waals surface area (Å²) in [5.41, 5.74) is 1.20. The number of benzene rings is 1. The van der Waals surface area contributed by atoms with Crippen molar-refractivity contribution in [3.8, 4) is 0 Å². The van der Waals surface area contributed by atoms with Gasteiger partial charge >= 0.3 is 0 Å². The summed E-state index contributed by atoms with van der Waals surface area (Å²) in [4.78, 5) is 8.57. The number of aryl methyl sites for hydroxylation is 1. The van der Waals surface area contributed by atoms with Crippen LogP contribution >= 0.6 is 0 Å². The summed E-state index contributed by atoms with van der Waals surface area (Å²) in [6, 6.07) is 5.30. The van der Waals surface area contributed by atoms with Gasteiger partial charge in [0, 0.05) is 36.5 Å². The third-order valence-corrected chi connectivity index (χ3v) is 2.86. The number of rotatable bonds is 6. The molecule has 112 valence electrons. The Bertz CT molecular complexity index is 617. The van der Waals surface area contributed by atoms with E-state index in [4.69, 9.17) is 0 Å². The third-order valence-electron chi connectivity index (χ3n) is 2.86. The minimum Gasteiger partial charge on any atom is -0.366 e. The summed E-state index contributed by atoms with van der Waals surface area (Å²) < 4.78 is 26.4. The first kappa shape index (κ1) is 15.2. The van der Waals surface area contributed by atoms with Crippen LogP contribution in [0.15, 0.2) is 24.3 Å². The lowest BCUT2D eigenvalue weighted by Crippen LogP contribution is -2.09. The summed E-state index contributed by atoms with van der Waals surface area (Å²) in [6.07, 6.45) is 0.973. The standard InChI is InChI=1S/C15H18F2N4/c1-3-6-18-15-20-10(2)7-14(21-15)19-9-11-4-5-12(16)8-13(11)17/h4-5,7-8H,3,6,9H2,1-2H3,(H2,18,19,20,21). The Kier molecular flexibility index (Phi) is 5.03. The first-order valence-corrected chi connectivity index (χ1v) is 6.86. The molecule has 2 rings (SSSR count). The topological polar surface area (TPSA) is 49.8 Å². The second-order valence-corrected chi connectivity index (χ2v) is 4.73. The van der Waals surface area contributed by atoms with Crippen LogP contribution < -0.4 is 10.6 Å². The van der Waals surface area contributed by atoms with E-state index in [0.29, 0.717) is 17.3 Å². The summed E-state index contributed by atoms with van der Waals surface area (Å²) in [5.74, 6) is -0.0125. The van der Waals surface area contributed by atoms with Crippen molar-refractivity contribution in [3.63, 3.8) is 0 Å². The second-order valence-electron chi connectivity index (χ2n) is 4.73. The van der Waals surface area contributed by atoms with Gasteiger partial charge in [-0.1, -0.05) is 13.0 Å². The SMILES string of the molecule is CCCNc1nc(C)cc(NCc2ccc(F)cc2F)n1. The fraction of sp³-hybridized carbons (Fsp3) is 0.333. The van der Waals surface area contributed by atoms with Crippen molar-refractivity contribution < 1.29 is 8.78 Å². The highest BCUT2D eigenvalue weighted by molar-refractivity contribution is 5.42. The van der Waals surface area contributed by atoms with E-state index in [0.717, 1.165) is 24.7 Å². The number of hydrogen-bond acceptors (Lipinski definition) is 4. The van der Waals surface area contributed by atoms with E-state index in [-0.39, 0.29) is 6.54 Å². The van der Waals surface area contributed by atoms with E-state index >= 15 is 0 Å². The van der Waals surface area contributed by atoms with Crippen LogP contribution in [0.3, 0.4) is 0 Å². The van der Waals surface area contributed by atoms with Crippen molar-refractivity contribution in [2.45, 2.75) is 26.8 Å². The van der Waals surface area contributed by atoms with Gasteiger partial charge in [-0.05, 0) is 19.4 Å². The van der Waals surface area contributed by atoms with Crippen molar-refractivity contribution in [1.29, 1.82) is 0 Å². The summed E-state index contributed by atoms with van der Waals surface area (Å²) in [6.45, 7) is 4.94. The Balaban J connectivity index is 2.07. The molecule has 2 aromatic rings. The van der Waals surface area contributed by atoms with Crippen LogP contribution in [0.25, 0.3) is 0 Å². The smallest absolute Gasteiger partial charge is 0.224 e. The molecular formula is C15H18F2N4. The quantitative estimate of drug-likeness (QED) is 0.855. The molecule has 0 bridgehead atoms. The van der Waals surface area contributed by atoms with Gasteiger partial charge in [-0.3, -0.25) is 0 Å². The summed E-state index contributed by atoms with van der Waals surface area (Å²) in [7, 11) is 0. The molecule has 0 aliphatic rings. The zero-order chi connectivity index (χ0) is 15.2. The normalized spacial score (nSPS) is 10.5. The van der Waals surface area contributed by atoms with E-state index in [1.807, 2.05) is 6.92 Å². The van der Waals surface area contributed by atoms with Crippen LogP contribution in [0, 0.1) is 18.6 Å². The average molecular weight is 292 g/mol. The molecule has 0 unspecified atom stereocenters. The fourth-order valence-corrected chi connectivity index (χ4v) is 1.83. The zero-order valence-electron chi connectivity index (χ0n) is 12.1. The lowest BCUT2D eigenvalue weighted by atomic mass is 10.2. The van der Waals surface area contributed by atoms with Crippen LogP contribution in [-0.2, 0) is 6.54 Å². The molecule has 21 heavy (non-hydrogen) atoms. The highest BCUT2D eigenvalue weighted by Gasteiger charge is 2.05. The minimum absolute atomic E-state index is 0.232. The van der Waals surface area contributed by atoms with E-state index in [9.17, 15) is 8.78 Å². The Morgan fingerprint density at radius 2 is 1.90 bits per heavy atom. The molecule has 2 N–H and O–H groups in total. The van der Waals surface area contributed by atoms with E-state index in [2.05, 4.69) is 27.5 Å². The van der Waals surface area contributed by atoms with Gasteiger partial charge in [-0.15, -0.1) is 0 Å². The first-order chi connectivity index (χ1) is 10.1. The van der Waals surface area contributed by atoms with Gasteiger partial charge in [0.05, 0.1) is 0 Å². The number of aromatic nitrogens is 2. The zero-order valence-corrected chi connectivity index (χ0v) is 12.1. The highest BCUT2D eigenvalue weighted by atomic mass is 19.1. The maximum atomic E-state index is 13.6. The maximum Gasteiger partial charge on any atom is 0.224 e. The molecule has 4 nitrogen and oxygen atoms in total. The molecule has 1 aromatic carbocycles. The lowest BCUT2D eigenvalue weighted by molar-refractivity contribution is 0.574. The number of nitrogens with one attached hydrogen (secondary N) is 2. The maximum absolute atomic E-state index is 13.6. The van der Waals surface area contributed by atoms with Crippen LogP contribution in [0.1, 0.15) is 24.6 Å². The monoisotopic (exact) mass is 292 g/mol. The molecule has 0 saturated heterocycles. The third kappa shape index (κ3) is 4.37. The highest BCUT2D eigenvalue weighted by Crippen LogP contribution is 2.14. The number of anilines is 2. The van der Waals surface area contributed by atoms with Gasteiger partial charge in [0.2, 0.25) is 5.95 Å². The summed E-state index contributed by atoms with van der Waals surface area (Å²) in [5, 5.41) is 6.13. The Labute approximate surface area is 122 Å². The van der Waals surface area contributed by atoms with E-state index in [1.54, 1.807) is 6.07 Å². The van der Waals surface area contributed by atoms with Crippen LogP contribution in [0.2, 0.25) is 0 Å². The number of halogens is 2. The molecule has 0 aliphatic heterocycles.